The number of benzene rings is 6. The van der Waals surface area contributed by atoms with E-state index in [1.54, 1.807) is 0 Å². The highest BCUT2D eigenvalue weighted by molar-refractivity contribution is 5.89. The van der Waals surface area contributed by atoms with Gasteiger partial charge < -0.3 is 0 Å². The monoisotopic (exact) mass is 605 g/mol. The first-order valence-electron chi connectivity index (χ1n) is 15.9. The Kier molecular flexibility index (Phi) is 6.73. The lowest BCUT2D eigenvalue weighted by Crippen LogP contribution is -2.15. The molecule has 0 aliphatic heterocycles. The van der Waals surface area contributed by atoms with Gasteiger partial charge in [-0.3, -0.25) is 0 Å². The summed E-state index contributed by atoms with van der Waals surface area (Å²) in [5.41, 5.74) is 15.9. The summed E-state index contributed by atoms with van der Waals surface area (Å²) < 4.78 is 0. The molecule has 3 heteroatoms. The zero-order valence-electron chi connectivity index (χ0n) is 25.8. The van der Waals surface area contributed by atoms with Crippen molar-refractivity contribution >= 4 is 0 Å². The van der Waals surface area contributed by atoms with Crippen LogP contribution < -0.4 is 0 Å². The molecule has 0 bridgehead atoms. The van der Waals surface area contributed by atoms with Gasteiger partial charge in [0.05, 0.1) is 0 Å². The van der Waals surface area contributed by atoms with Crippen molar-refractivity contribution in [3.05, 3.63) is 162 Å². The molecule has 0 saturated carbocycles. The average Bonchev–Trinajstić information content (AvgIpc) is 3.61. The first kappa shape index (κ1) is 28.8. The SMILES string of the molecule is C.CC1(C)c2ccccc2-c2ccc(-c3nc(-c4ccccc4)nc(-c4cccc5c4Cc4c(-c6ccccc6)cccc4-5)n3)cc21. The summed E-state index contributed by atoms with van der Waals surface area (Å²) >= 11 is 0. The van der Waals surface area contributed by atoms with E-state index in [4.69, 9.17) is 15.0 Å². The first-order chi connectivity index (χ1) is 22.6. The molecular formula is C44H35N3. The van der Waals surface area contributed by atoms with E-state index in [0.717, 1.165) is 23.1 Å². The predicted octanol–water partition coefficient (Wildman–Crippen LogP) is 11.1. The second-order valence-electron chi connectivity index (χ2n) is 12.8. The minimum absolute atomic E-state index is 0. The third-order valence-electron chi connectivity index (χ3n) is 9.83. The van der Waals surface area contributed by atoms with Crippen LogP contribution in [0.5, 0.6) is 0 Å². The maximum Gasteiger partial charge on any atom is 0.164 e. The fourth-order valence-electron chi connectivity index (χ4n) is 7.52. The Morgan fingerprint density at radius 2 is 0.915 bits per heavy atom. The molecule has 0 atom stereocenters. The number of rotatable bonds is 4. The highest BCUT2D eigenvalue weighted by Crippen LogP contribution is 2.50. The molecule has 0 fully saturated rings. The molecule has 7 aromatic rings. The van der Waals surface area contributed by atoms with Crippen molar-refractivity contribution in [1.29, 1.82) is 0 Å². The highest BCUT2D eigenvalue weighted by Gasteiger charge is 2.35. The third-order valence-corrected chi connectivity index (χ3v) is 9.83. The maximum atomic E-state index is 5.22. The molecule has 0 saturated heterocycles. The average molecular weight is 606 g/mol. The van der Waals surface area contributed by atoms with Gasteiger partial charge in [-0.2, -0.15) is 0 Å². The van der Waals surface area contributed by atoms with Gasteiger partial charge in [0.15, 0.2) is 17.5 Å². The topological polar surface area (TPSA) is 38.7 Å². The molecule has 1 heterocycles. The molecule has 2 aliphatic carbocycles. The van der Waals surface area contributed by atoms with E-state index < -0.39 is 0 Å². The lowest BCUT2D eigenvalue weighted by molar-refractivity contribution is 0.660. The first-order valence-corrected chi connectivity index (χ1v) is 15.9. The summed E-state index contributed by atoms with van der Waals surface area (Å²) in [6.45, 7) is 4.62. The van der Waals surface area contributed by atoms with Crippen molar-refractivity contribution in [1.82, 2.24) is 15.0 Å². The van der Waals surface area contributed by atoms with Crippen molar-refractivity contribution in [3.63, 3.8) is 0 Å². The standard InChI is InChI=1S/C43H31N3.CH4/c1-43(2)38-22-10-9-17-33(38)34-24-23-29(25-39(34)43)41-44-40(28-15-7-4-8-16-28)45-42(46-41)35-21-12-20-32-31-19-11-18-30(36(31)26-37(32)35)27-13-5-3-6-14-27;/h3-25H,26H2,1-2H3;1H4. The maximum absolute atomic E-state index is 5.22. The molecule has 0 amide bonds. The summed E-state index contributed by atoms with van der Waals surface area (Å²) in [4.78, 5) is 15.4. The van der Waals surface area contributed by atoms with Gasteiger partial charge in [-0.1, -0.05) is 155 Å². The van der Waals surface area contributed by atoms with Crippen LogP contribution in [0.4, 0.5) is 0 Å². The summed E-state index contributed by atoms with van der Waals surface area (Å²) in [6.07, 6.45) is 0.832. The van der Waals surface area contributed by atoms with Crippen molar-refractivity contribution in [2.24, 2.45) is 0 Å². The second-order valence-corrected chi connectivity index (χ2v) is 12.8. The molecule has 47 heavy (non-hydrogen) atoms. The van der Waals surface area contributed by atoms with E-state index in [1.807, 2.05) is 18.2 Å². The van der Waals surface area contributed by atoms with Gasteiger partial charge in [-0.15, -0.1) is 0 Å². The van der Waals surface area contributed by atoms with E-state index >= 15 is 0 Å². The molecule has 6 aromatic carbocycles. The molecule has 3 nitrogen and oxygen atoms in total. The molecule has 1 aromatic heterocycles. The quantitative estimate of drug-likeness (QED) is 0.200. The number of hydrogen-bond acceptors (Lipinski definition) is 3. The van der Waals surface area contributed by atoms with Crippen molar-refractivity contribution in [3.8, 4) is 67.5 Å². The van der Waals surface area contributed by atoms with Crippen molar-refractivity contribution < 1.29 is 0 Å². The fraction of sp³-hybridized carbons (Fsp3) is 0.114. The zero-order valence-corrected chi connectivity index (χ0v) is 25.8. The smallest absolute Gasteiger partial charge is 0.164 e. The van der Waals surface area contributed by atoms with Crippen LogP contribution >= 0.6 is 0 Å². The molecule has 0 radical (unpaired) electrons. The van der Waals surface area contributed by atoms with Crippen LogP contribution in [0, 0.1) is 0 Å². The molecule has 226 valence electrons. The Morgan fingerprint density at radius 1 is 0.404 bits per heavy atom. The van der Waals surface area contributed by atoms with Crippen LogP contribution in [-0.4, -0.2) is 15.0 Å². The Hall–Kier alpha value is -5.67. The summed E-state index contributed by atoms with van der Waals surface area (Å²) in [5, 5.41) is 0. The van der Waals surface area contributed by atoms with Crippen LogP contribution in [0.1, 0.15) is 43.5 Å². The van der Waals surface area contributed by atoms with Crippen LogP contribution in [-0.2, 0) is 11.8 Å². The van der Waals surface area contributed by atoms with Gasteiger partial charge in [0.2, 0.25) is 0 Å². The fourth-order valence-corrected chi connectivity index (χ4v) is 7.52. The Bertz CT molecular complexity index is 2300. The van der Waals surface area contributed by atoms with E-state index in [0.29, 0.717) is 17.5 Å². The van der Waals surface area contributed by atoms with Gasteiger partial charge >= 0.3 is 0 Å². The van der Waals surface area contributed by atoms with Crippen molar-refractivity contribution in [2.45, 2.75) is 33.1 Å². The van der Waals surface area contributed by atoms with Gasteiger partial charge in [-0.05, 0) is 61.7 Å². The number of hydrogen-bond donors (Lipinski definition) is 0. The van der Waals surface area contributed by atoms with Gasteiger partial charge in [0.1, 0.15) is 0 Å². The van der Waals surface area contributed by atoms with Crippen LogP contribution in [0.2, 0.25) is 0 Å². The van der Waals surface area contributed by atoms with Crippen LogP contribution in [0.3, 0.4) is 0 Å². The molecule has 0 unspecified atom stereocenters. The molecule has 0 spiro atoms. The lowest BCUT2D eigenvalue weighted by atomic mass is 9.82. The summed E-state index contributed by atoms with van der Waals surface area (Å²) in [7, 11) is 0. The predicted molar refractivity (Wildman–Crippen MR) is 194 cm³/mol. The van der Waals surface area contributed by atoms with Crippen LogP contribution in [0.15, 0.2) is 140 Å². The normalized spacial score (nSPS) is 13.2. The van der Waals surface area contributed by atoms with E-state index in [-0.39, 0.29) is 12.8 Å². The Morgan fingerprint density at radius 3 is 1.64 bits per heavy atom. The minimum Gasteiger partial charge on any atom is -0.208 e. The van der Waals surface area contributed by atoms with Gasteiger partial charge in [0, 0.05) is 28.5 Å². The minimum atomic E-state index is -0.109. The lowest BCUT2D eigenvalue weighted by Gasteiger charge is -2.21. The van der Waals surface area contributed by atoms with Crippen molar-refractivity contribution in [2.75, 3.05) is 0 Å². The number of aromatic nitrogens is 3. The molecule has 9 rings (SSSR count). The molecular weight excluding hydrogens is 571 g/mol. The number of nitrogens with zero attached hydrogens (tertiary/aromatic N) is 3. The zero-order chi connectivity index (χ0) is 30.8. The summed E-state index contributed by atoms with van der Waals surface area (Å²) in [5.74, 6) is 2.08. The molecule has 0 N–H and O–H groups in total. The van der Waals surface area contributed by atoms with Gasteiger partial charge in [-0.25, -0.2) is 15.0 Å². The molecule has 2 aliphatic rings. The Balaban J connectivity index is 0.00000324. The van der Waals surface area contributed by atoms with E-state index in [1.165, 1.54) is 55.6 Å². The highest BCUT2D eigenvalue weighted by atomic mass is 15.0. The van der Waals surface area contributed by atoms with Crippen LogP contribution in [0.25, 0.3) is 67.5 Å². The van der Waals surface area contributed by atoms with E-state index in [9.17, 15) is 0 Å². The Labute approximate surface area is 276 Å². The van der Waals surface area contributed by atoms with Gasteiger partial charge in [0.25, 0.3) is 0 Å². The third kappa shape index (κ3) is 4.53. The van der Waals surface area contributed by atoms with E-state index in [2.05, 4.69) is 135 Å². The number of fused-ring (bicyclic) bond motifs is 6. The second kappa shape index (κ2) is 11.0. The largest absolute Gasteiger partial charge is 0.208 e. The summed E-state index contributed by atoms with van der Waals surface area (Å²) in [6, 6.07) is 49.6.